The first-order valence-electron chi connectivity index (χ1n) is 8.53. The Balaban J connectivity index is 1.85. The van der Waals surface area contributed by atoms with Gasteiger partial charge in [-0.15, -0.1) is 0 Å². The van der Waals surface area contributed by atoms with Crippen molar-refractivity contribution in [3.8, 4) is 0 Å². The molecule has 0 radical (unpaired) electrons. The minimum Gasteiger partial charge on any atom is -0.430 e. The molecular weight excluding hydrogens is 302 g/mol. The zero-order valence-corrected chi connectivity index (χ0v) is 13.8. The van der Waals surface area contributed by atoms with Gasteiger partial charge in [0.15, 0.2) is 0 Å². The van der Waals surface area contributed by atoms with E-state index in [0.717, 1.165) is 42.6 Å². The fourth-order valence-corrected chi connectivity index (χ4v) is 3.68. The third kappa shape index (κ3) is 2.34. The number of carbonyl (C=O) groups is 1. The molecule has 4 heteroatoms. The van der Waals surface area contributed by atoms with Gasteiger partial charge in [0, 0.05) is 0 Å². The van der Waals surface area contributed by atoms with Crippen LogP contribution in [0.4, 0.5) is 0 Å². The Hall–Kier alpha value is -2.17. The summed E-state index contributed by atoms with van der Waals surface area (Å²) in [6, 6.07) is 17.6. The highest BCUT2D eigenvalue weighted by atomic mass is 16.8. The van der Waals surface area contributed by atoms with Crippen molar-refractivity contribution in [3.05, 3.63) is 71.3 Å². The quantitative estimate of drug-likeness (QED) is 0.858. The second-order valence-corrected chi connectivity index (χ2v) is 6.68. The van der Waals surface area contributed by atoms with Gasteiger partial charge in [-0.1, -0.05) is 60.2 Å². The fourth-order valence-electron chi connectivity index (χ4n) is 3.68. The van der Waals surface area contributed by atoms with Crippen LogP contribution in [0.25, 0.3) is 0 Å². The number of quaternary nitrogens is 1. The second-order valence-electron chi connectivity index (χ2n) is 6.68. The van der Waals surface area contributed by atoms with E-state index in [1.54, 1.807) is 0 Å². The molecule has 4 rings (SSSR count). The number of rotatable bonds is 2. The highest BCUT2D eigenvalue weighted by Crippen LogP contribution is 2.47. The summed E-state index contributed by atoms with van der Waals surface area (Å²) in [4.78, 5) is 13.1. The van der Waals surface area contributed by atoms with Crippen LogP contribution in [-0.2, 0) is 19.9 Å². The van der Waals surface area contributed by atoms with Gasteiger partial charge in [0.1, 0.15) is 0 Å². The van der Waals surface area contributed by atoms with Gasteiger partial charge in [-0.25, -0.2) is 4.79 Å². The Morgan fingerprint density at radius 1 is 0.917 bits per heavy atom. The lowest BCUT2D eigenvalue weighted by molar-refractivity contribution is -0.672. The maximum atomic E-state index is 13.1. The SMILES string of the molecule is Cc1ccc(C2(c3ccccc3)OC3(CC[NH2+]CC3)OC2=O)cc1. The zero-order chi connectivity index (χ0) is 16.6. The van der Waals surface area contributed by atoms with Crippen LogP contribution < -0.4 is 5.32 Å². The number of benzene rings is 2. The van der Waals surface area contributed by atoms with Crippen LogP contribution in [0.2, 0.25) is 0 Å². The van der Waals surface area contributed by atoms with Crippen molar-refractivity contribution in [1.82, 2.24) is 0 Å². The van der Waals surface area contributed by atoms with Crippen LogP contribution >= 0.6 is 0 Å². The van der Waals surface area contributed by atoms with Crippen LogP contribution in [-0.4, -0.2) is 24.8 Å². The van der Waals surface area contributed by atoms with Crippen molar-refractivity contribution in [3.63, 3.8) is 0 Å². The molecule has 2 saturated heterocycles. The first-order valence-corrected chi connectivity index (χ1v) is 8.53. The van der Waals surface area contributed by atoms with E-state index in [4.69, 9.17) is 9.47 Å². The zero-order valence-electron chi connectivity index (χ0n) is 13.8. The normalized spacial score (nSPS) is 25.6. The monoisotopic (exact) mass is 324 g/mol. The Labute approximate surface area is 141 Å². The van der Waals surface area contributed by atoms with Gasteiger partial charge in [0.25, 0.3) is 0 Å². The molecule has 1 spiro atoms. The summed E-state index contributed by atoms with van der Waals surface area (Å²) >= 11 is 0. The molecule has 0 saturated carbocycles. The molecule has 2 N–H and O–H groups in total. The Bertz CT molecular complexity index is 735. The van der Waals surface area contributed by atoms with Gasteiger partial charge in [-0.3, -0.25) is 0 Å². The van der Waals surface area contributed by atoms with E-state index in [1.165, 1.54) is 0 Å². The molecule has 0 bridgehead atoms. The molecule has 4 nitrogen and oxygen atoms in total. The standard InChI is InChI=1S/C20H21NO3/c1-15-7-9-17(10-8-15)20(16-5-3-2-4-6-16)18(22)23-19(24-20)11-13-21-14-12-19/h2-10,21H,11-14H2,1H3/p+1. The van der Waals surface area contributed by atoms with Crippen molar-refractivity contribution < 1.29 is 19.6 Å². The number of hydrogen-bond donors (Lipinski definition) is 1. The average Bonchev–Trinajstić information content (AvgIpc) is 2.90. The van der Waals surface area contributed by atoms with Gasteiger partial charge in [0.05, 0.1) is 25.9 Å². The van der Waals surface area contributed by atoms with E-state index in [0.29, 0.717) is 0 Å². The molecule has 2 heterocycles. The van der Waals surface area contributed by atoms with Crippen LogP contribution in [0, 0.1) is 6.92 Å². The maximum Gasteiger partial charge on any atom is 0.350 e. The number of ether oxygens (including phenoxy) is 2. The van der Waals surface area contributed by atoms with Crippen molar-refractivity contribution >= 4 is 5.97 Å². The van der Waals surface area contributed by atoms with E-state index < -0.39 is 11.4 Å². The lowest BCUT2D eigenvalue weighted by Crippen LogP contribution is -2.88. The highest BCUT2D eigenvalue weighted by Gasteiger charge is 2.60. The number of nitrogens with two attached hydrogens (primary N) is 1. The topological polar surface area (TPSA) is 52.1 Å². The number of esters is 1. The summed E-state index contributed by atoms with van der Waals surface area (Å²) in [6.07, 6.45) is 1.44. The van der Waals surface area contributed by atoms with E-state index in [2.05, 4.69) is 5.32 Å². The fraction of sp³-hybridized carbons (Fsp3) is 0.350. The number of piperidine rings is 1. The summed E-state index contributed by atoms with van der Waals surface area (Å²) in [6.45, 7) is 3.85. The number of hydrogen-bond acceptors (Lipinski definition) is 3. The van der Waals surface area contributed by atoms with Gasteiger partial charge in [0.2, 0.25) is 11.4 Å². The van der Waals surface area contributed by atoms with Crippen LogP contribution in [0.15, 0.2) is 54.6 Å². The first kappa shape index (κ1) is 15.4. The molecule has 0 aromatic heterocycles. The number of aryl methyl sites for hydroxylation is 1. The van der Waals surface area contributed by atoms with Crippen molar-refractivity contribution in [2.45, 2.75) is 31.2 Å². The maximum absolute atomic E-state index is 13.1. The molecule has 2 aromatic rings. The smallest absolute Gasteiger partial charge is 0.350 e. The summed E-state index contributed by atoms with van der Waals surface area (Å²) < 4.78 is 12.4. The van der Waals surface area contributed by atoms with E-state index in [9.17, 15) is 4.79 Å². The van der Waals surface area contributed by atoms with Crippen molar-refractivity contribution in [1.29, 1.82) is 0 Å². The van der Waals surface area contributed by atoms with Crippen molar-refractivity contribution in [2.24, 2.45) is 0 Å². The summed E-state index contributed by atoms with van der Waals surface area (Å²) in [5, 5.41) is 2.23. The molecule has 124 valence electrons. The molecular formula is C20H22NO3+. The summed E-state index contributed by atoms with van der Waals surface area (Å²) in [5.74, 6) is -1.11. The summed E-state index contributed by atoms with van der Waals surface area (Å²) in [7, 11) is 0. The molecule has 2 aliphatic rings. The third-order valence-corrected chi connectivity index (χ3v) is 5.00. The van der Waals surface area contributed by atoms with Gasteiger partial charge >= 0.3 is 5.97 Å². The predicted molar refractivity (Wildman–Crippen MR) is 89.2 cm³/mol. The van der Waals surface area contributed by atoms with Crippen LogP contribution in [0.1, 0.15) is 29.5 Å². The van der Waals surface area contributed by atoms with E-state index in [1.807, 2.05) is 61.5 Å². The first-order chi connectivity index (χ1) is 11.6. The lowest BCUT2D eigenvalue weighted by Gasteiger charge is -2.32. The van der Waals surface area contributed by atoms with Gasteiger partial charge < -0.3 is 14.8 Å². The van der Waals surface area contributed by atoms with Gasteiger partial charge in [-0.2, -0.15) is 0 Å². The molecule has 2 aliphatic heterocycles. The Morgan fingerprint density at radius 3 is 2.21 bits per heavy atom. The van der Waals surface area contributed by atoms with E-state index in [-0.39, 0.29) is 5.97 Å². The number of carbonyl (C=O) groups excluding carboxylic acids is 1. The molecule has 0 aliphatic carbocycles. The van der Waals surface area contributed by atoms with Gasteiger partial charge in [-0.05, 0) is 18.1 Å². The Kier molecular flexibility index (Phi) is 3.66. The van der Waals surface area contributed by atoms with E-state index >= 15 is 0 Å². The largest absolute Gasteiger partial charge is 0.430 e. The minimum atomic E-state index is -1.17. The summed E-state index contributed by atoms with van der Waals surface area (Å²) in [5.41, 5.74) is 1.63. The molecule has 0 amide bonds. The van der Waals surface area contributed by atoms with Crippen LogP contribution in [0.5, 0.6) is 0 Å². The van der Waals surface area contributed by atoms with Crippen LogP contribution in [0.3, 0.4) is 0 Å². The van der Waals surface area contributed by atoms with Crippen molar-refractivity contribution in [2.75, 3.05) is 13.1 Å². The predicted octanol–water partition coefficient (Wildman–Crippen LogP) is 1.87. The molecule has 1 atom stereocenters. The average molecular weight is 324 g/mol. The third-order valence-electron chi connectivity index (χ3n) is 5.00. The lowest BCUT2D eigenvalue weighted by atomic mass is 9.86. The molecule has 24 heavy (non-hydrogen) atoms. The highest BCUT2D eigenvalue weighted by molar-refractivity contribution is 5.87. The second kappa shape index (κ2) is 5.72. The molecule has 1 unspecified atom stereocenters. The molecule has 2 aromatic carbocycles. The minimum absolute atomic E-state index is 0.306. The molecule has 2 fully saturated rings. The Morgan fingerprint density at radius 2 is 1.54 bits per heavy atom.